The molecule has 0 atom stereocenters. The van der Waals surface area contributed by atoms with Crippen LogP contribution in [0.25, 0.3) is 0 Å². The van der Waals surface area contributed by atoms with Gasteiger partial charge in [0.1, 0.15) is 6.26 Å². The molecule has 0 radical (unpaired) electrons. The van der Waals surface area contributed by atoms with E-state index in [4.69, 9.17) is 16.0 Å². The maximum atomic E-state index is 12.3. The summed E-state index contributed by atoms with van der Waals surface area (Å²) in [4.78, 5) is 28.1. The highest BCUT2D eigenvalue weighted by Crippen LogP contribution is 2.26. The lowest BCUT2D eigenvalue weighted by atomic mass is 10.2. The van der Waals surface area contributed by atoms with Crippen LogP contribution in [0.2, 0.25) is 5.02 Å². The second-order valence-corrected chi connectivity index (χ2v) is 6.24. The van der Waals surface area contributed by atoms with Gasteiger partial charge in [0.15, 0.2) is 0 Å². The van der Waals surface area contributed by atoms with Crippen molar-refractivity contribution >= 4 is 29.1 Å². The van der Waals surface area contributed by atoms with Gasteiger partial charge in [-0.1, -0.05) is 23.7 Å². The molecule has 7 heteroatoms. The lowest BCUT2D eigenvalue weighted by molar-refractivity contribution is -0.131. The lowest BCUT2D eigenvalue weighted by Crippen LogP contribution is -2.49. The molecular weight excluding hydrogens is 342 g/mol. The van der Waals surface area contributed by atoms with Gasteiger partial charge in [0.25, 0.3) is 5.91 Å². The summed E-state index contributed by atoms with van der Waals surface area (Å²) in [7, 11) is 0. The Labute approximate surface area is 151 Å². The average Bonchev–Trinajstić information content (AvgIpc) is 3.17. The Balaban J connectivity index is 1.42. The van der Waals surface area contributed by atoms with E-state index in [-0.39, 0.29) is 18.2 Å². The van der Waals surface area contributed by atoms with Crippen molar-refractivity contribution in [2.24, 2.45) is 0 Å². The Kier molecular flexibility index (Phi) is 5.60. The first-order chi connectivity index (χ1) is 12.1. The van der Waals surface area contributed by atoms with Crippen LogP contribution in [0, 0.1) is 0 Å². The molecule has 1 saturated heterocycles. The summed E-state index contributed by atoms with van der Waals surface area (Å²) in [5.41, 5.74) is 1.46. The molecule has 0 aliphatic carbocycles. The minimum Gasteiger partial charge on any atom is -0.472 e. The molecule has 0 unspecified atom stereocenters. The number of rotatable bonds is 5. The number of hydrogen-bond donors (Lipinski definition) is 1. The third kappa shape index (κ3) is 4.33. The van der Waals surface area contributed by atoms with Crippen molar-refractivity contribution in [3.8, 4) is 0 Å². The van der Waals surface area contributed by atoms with Gasteiger partial charge in [-0.2, -0.15) is 0 Å². The summed E-state index contributed by atoms with van der Waals surface area (Å²) in [5.74, 6) is -0.184. The molecule has 1 aliphatic rings. The predicted molar refractivity (Wildman–Crippen MR) is 95.9 cm³/mol. The van der Waals surface area contributed by atoms with Crippen LogP contribution in [-0.4, -0.2) is 49.4 Å². The highest BCUT2D eigenvalue weighted by Gasteiger charge is 2.22. The summed E-state index contributed by atoms with van der Waals surface area (Å²) in [6, 6.07) is 9.32. The Morgan fingerprint density at radius 3 is 2.56 bits per heavy atom. The molecule has 1 aromatic carbocycles. The van der Waals surface area contributed by atoms with E-state index in [1.807, 2.05) is 29.2 Å². The summed E-state index contributed by atoms with van der Waals surface area (Å²) < 4.78 is 4.86. The van der Waals surface area contributed by atoms with Crippen LogP contribution in [0.4, 0.5) is 5.69 Å². The molecule has 1 N–H and O–H groups in total. The highest BCUT2D eigenvalue weighted by molar-refractivity contribution is 6.33. The summed E-state index contributed by atoms with van der Waals surface area (Å²) in [5, 5.41) is 3.45. The number of piperazine rings is 1. The van der Waals surface area contributed by atoms with Gasteiger partial charge in [-0.25, -0.2) is 0 Å². The zero-order valence-electron chi connectivity index (χ0n) is 13.8. The first-order valence-corrected chi connectivity index (χ1v) is 8.60. The van der Waals surface area contributed by atoms with Gasteiger partial charge in [0.2, 0.25) is 5.91 Å². The summed E-state index contributed by atoms with van der Waals surface area (Å²) >= 11 is 6.23. The van der Waals surface area contributed by atoms with E-state index in [1.165, 1.54) is 12.5 Å². The van der Waals surface area contributed by atoms with Gasteiger partial charge < -0.3 is 19.5 Å². The number of halogens is 1. The lowest BCUT2D eigenvalue weighted by Gasteiger charge is -2.36. The molecule has 0 spiro atoms. The van der Waals surface area contributed by atoms with Crippen molar-refractivity contribution in [3.05, 3.63) is 53.4 Å². The van der Waals surface area contributed by atoms with Crippen molar-refractivity contribution in [1.82, 2.24) is 10.2 Å². The molecule has 0 saturated carbocycles. The van der Waals surface area contributed by atoms with Crippen LogP contribution < -0.4 is 10.2 Å². The van der Waals surface area contributed by atoms with Crippen LogP contribution in [0.15, 0.2) is 47.3 Å². The SMILES string of the molecule is O=C(NCCC(=O)N1CCN(c2ccccc2Cl)CC1)c1ccoc1. The van der Waals surface area contributed by atoms with Crippen LogP contribution in [-0.2, 0) is 4.79 Å². The number of carbonyl (C=O) groups excluding carboxylic acids is 2. The van der Waals surface area contributed by atoms with Crippen molar-refractivity contribution < 1.29 is 14.0 Å². The monoisotopic (exact) mass is 361 g/mol. The van der Waals surface area contributed by atoms with Crippen LogP contribution in [0.5, 0.6) is 0 Å². The molecule has 1 fully saturated rings. The Morgan fingerprint density at radius 2 is 1.88 bits per heavy atom. The van der Waals surface area contributed by atoms with Crippen LogP contribution in [0.1, 0.15) is 16.8 Å². The molecule has 2 heterocycles. The fraction of sp³-hybridized carbons (Fsp3) is 0.333. The minimum absolute atomic E-state index is 0.0475. The summed E-state index contributed by atoms with van der Waals surface area (Å²) in [6.45, 7) is 3.11. The Morgan fingerprint density at radius 1 is 1.12 bits per heavy atom. The third-order valence-corrected chi connectivity index (χ3v) is 4.55. The van der Waals surface area contributed by atoms with Crippen molar-refractivity contribution in [2.75, 3.05) is 37.6 Å². The van der Waals surface area contributed by atoms with E-state index >= 15 is 0 Å². The molecule has 132 valence electrons. The fourth-order valence-electron chi connectivity index (χ4n) is 2.84. The largest absolute Gasteiger partial charge is 0.472 e. The Bertz CT molecular complexity index is 725. The van der Waals surface area contributed by atoms with E-state index in [1.54, 1.807) is 6.07 Å². The van der Waals surface area contributed by atoms with Crippen molar-refractivity contribution in [3.63, 3.8) is 0 Å². The Hall–Kier alpha value is -2.47. The fourth-order valence-corrected chi connectivity index (χ4v) is 3.10. The highest BCUT2D eigenvalue weighted by atomic mass is 35.5. The van der Waals surface area contributed by atoms with E-state index in [0.29, 0.717) is 25.2 Å². The van der Waals surface area contributed by atoms with Gasteiger partial charge in [0.05, 0.1) is 22.5 Å². The minimum atomic E-state index is -0.231. The number of anilines is 1. The summed E-state index contributed by atoms with van der Waals surface area (Å²) in [6.07, 6.45) is 3.11. The molecule has 1 aromatic heterocycles. The second-order valence-electron chi connectivity index (χ2n) is 5.84. The number of benzene rings is 1. The van der Waals surface area contributed by atoms with Gasteiger partial charge in [-0.05, 0) is 18.2 Å². The molecule has 1 aliphatic heterocycles. The zero-order valence-corrected chi connectivity index (χ0v) is 14.5. The standard InChI is InChI=1S/C18H20ClN3O3/c19-15-3-1-2-4-16(15)21-8-10-22(11-9-21)17(23)5-7-20-18(24)14-6-12-25-13-14/h1-4,6,12-13H,5,7-11H2,(H,20,24). The van der Waals surface area contributed by atoms with Gasteiger partial charge in [-0.15, -0.1) is 0 Å². The van der Waals surface area contributed by atoms with E-state index in [2.05, 4.69) is 10.2 Å². The van der Waals surface area contributed by atoms with Crippen molar-refractivity contribution in [1.29, 1.82) is 0 Å². The number of furan rings is 1. The first kappa shape index (κ1) is 17.4. The number of nitrogens with one attached hydrogen (secondary N) is 1. The topological polar surface area (TPSA) is 65.8 Å². The van der Waals surface area contributed by atoms with E-state index < -0.39 is 0 Å². The normalized spacial score (nSPS) is 14.4. The molecule has 0 bridgehead atoms. The number of hydrogen-bond acceptors (Lipinski definition) is 4. The van der Waals surface area contributed by atoms with Gasteiger partial charge in [0, 0.05) is 39.1 Å². The molecular formula is C18H20ClN3O3. The van der Waals surface area contributed by atoms with Gasteiger partial charge in [-0.3, -0.25) is 9.59 Å². The number of amides is 2. The van der Waals surface area contributed by atoms with Gasteiger partial charge >= 0.3 is 0 Å². The molecule has 2 aromatic rings. The molecule has 6 nitrogen and oxygen atoms in total. The maximum absolute atomic E-state index is 12.3. The molecule has 3 rings (SSSR count). The third-order valence-electron chi connectivity index (χ3n) is 4.23. The second kappa shape index (κ2) is 8.07. The van der Waals surface area contributed by atoms with Crippen LogP contribution in [0.3, 0.4) is 0 Å². The predicted octanol–water partition coefficient (Wildman–Crippen LogP) is 2.40. The van der Waals surface area contributed by atoms with Crippen LogP contribution >= 0.6 is 11.6 Å². The number of nitrogens with zero attached hydrogens (tertiary/aromatic N) is 2. The van der Waals surface area contributed by atoms with E-state index in [0.717, 1.165) is 23.8 Å². The smallest absolute Gasteiger partial charge is 0.254 e. The maximum Gasteiger partial charge on any atom is 0.254 e. The van der Waals surface area contributed by atoms with Crippen molar-refractivity contribution in [2.45, 2.75) is 6.42 Å². The number of para-hydroxylation sites is 1. The zero-order chi connectivity index (χ0) is 17.6. The average molecular weight is 362 g/mol. The first-order valence-electron chi connectivity index (χ1n) is 8.23. The number of carbonyl (C=O) groups is 2. The van der Waals surface area contributed by atoms with E-state index in [9.17, 15) is 9.59 Å². The molecule has 2 amide bonds. The molecule has 25 heavy (non-hydrogen) atoms. The quantitative estimate of drug-likeness (QED) is 0.888.